The maximum atomic E-state index is 5.43. The minimum atomic E-state index is 0.791. The summed E-state index contributed by atoms with van der Waals surface area (Å²) in [5.41, 5.74) is 4.18. The standard InChI is InChI=1S/C15H23NO2/c1-17-9-8-16-7-3-2-4-13-5-6-14-11-18-12-15(14)10-13/h5-6,10,16H,2-4,7-9,11-12H2,1H3. The zero-order chi connectivity index (χ0) is 12.6. The predicted molar refractivity (Wildman–Crippen MR) is 72.6 cm³/mol. The number of nitrogens with one attached hydrogen (secondary N) is 1. The molecule has 0 aliphatic carbocycles. The van der Waals surface area contributed by atoms with Gasteiger partial charge in [-0.05, 0) is 42.5 Å². The molecule has 1 aliphatic rings. The molecule has 3 heteroatoms. The molecule has 1 aliphatic heterocycles. The number of fused-ring (bicyclic) bond motifs is 1. The highest BCUT2D eigenvalue weighted by atomic mass is 16.5. The lowest BCUT2D eigenvalue weighted by Crippen LogP contribution is -2.20. The molecule has 0 amide bonds. The van der Waals surface area contributed by atoms with E-state index in [0.717, 1.165) is 32.9 Å². The number of unbranched alkanes of at least 4 members (excludes halogenated alkanes) is 1. The summed E-state index contributed by atoms with van der Waals surface area (Å²) in [5, 5.41) is 3.37. The van der Waals surface area contributed by atoms with E-state index in [1.54, 1.807) is 7.11 Å². The van der Waals surface area contributed by atoms with E-state index in [0.29, 0.717) is 0 Å². The molecule has 0 unspecified atom stereocenters. The third kappa shape index (κ3) is 4.09. The molecule has 1 aromatic carbocycles. The summed E-state index contributed by atoms with van der Waals surface area (Å²) in [6.45, 7) is 4.41. The third-order valence-electron chi connectivity index (χ3n) is 3.34. The van der Waals surface area contributed by atoms with Gasteiger partial charge in [0.05, 0.1) is 19.8 Å². The molecule has 0 aromatic heterocycles. The van der Waals surface area contributed by atoms with E-state index in [1.807, 2.05) is 0 Å². The van der Waals surface area contributed by atoms with Gasteiger partial charge in [-0.3, -0.25) is 0 Å². The van der Waals surface area contributed by atoms with E-state index in [4.69, 9.17) is 9.47 Å². The Morgan fingerprint density at radius 1 is 1.17 bits per heavy atom. The fourth-order valence-corrected chi connectivity index (χ4v) is 2.26. The Balaban J connectivity index is 1.62. The highest BCUT2D eigenvalue weighted by Gasteiger charge is 2.10. The molecule has 1 N–H and O–H groups in total. The Hall–Kier alpha value is -0.900. The van der Waals surface area contributed by atoms with Crippen LogP contribution in [0.25, 0.3) is 0 Å². The van der Waals surface area contributed by atoms with Gasteiger partial charge in [-0.1, -0.05) is 18.2 Å². The number of hydrogen-bond donors (Lipinski definition) is 1. The normalized spacial score (nSPS) is 13.8. The van der Waals surface area contributed by atoms with Gasteiger partial charge >= 0.3 is 0 Å². The molecular formula is C15H23NO2. The maximum absolute atomic E-state index is 5.43. The molecule has 0 radical (unpaired) electrons. The third-order valence-corrected chi connectivity index (χ3v) is 3.34. The highest BCUT2D eigenvalue weighted by Crippen LogP contribution is 2.21. The summed E-state index contributed by atoms with van der Waals surface area (Å²) < 4.78 is 10.4. The van der Waals surface area contributed by atoms with Crippen LogP contribution in [-0.4, -0.2) is 26.8 Å². The second-order valence-electron chi connectivity index (χ2n) is 4.80. The van der Waals surface area contributed by atoms with Gasteiger partial charge in [0.1, 0.15) is 0 Å². The molecule has 1 aromatic rings. The summed E-state index contributed by atoms with van der Waals surface area (Å²) >= 11 is 0. The number of aryl methyl sites for hydroxylation is 1. The van der Waals surface area contributed by atoms with Gasteiger partial charge in [-0.25, -0.2) is 0 Å². The number of ether oxygens (including phenoxy) is 2. The predicted octanol–water partition coefficient (Wildman–Crippen LogP) is 2.28. The number of benzene rings is 1. The maximum Gasteiger partial charge on any atom is 0.0725 e. The van der Waals surface area contributed by atoms with Gasteiger partial charge in [-0.2, -0.15) is 0 Å². The Labute approximate surface area is 109 Å². The first-order chi connectivity index (χ1) is 8.90. The molecule has 0 spiro atoms. The fourth-order valence-electron chi connectivity index (χ4n) is 2.26. The van der Waals surface area contributed by atoms with Crippen molar-refractivity contribution in [2.24, 2.45) is 0 Å². The van der Waals surface area contributed by atoms with Crippen molar-refractivity contribution in [3.05, 3.63) is 34.9 Å². The van der Waals surface area contributed by atoms with E-state index in [9.17, 15) is 0 Å². The van der Waals surface area contributed by atoms with Crippen molar-refractivity contribution in [1.29, 1.82) is 0 Å². The second-order valence-corrected chi connectivity index (χ2v) is 4.80. The van der Waals surface area contributed by atoms with Crippen LogP contribution in [0.2, 0.25) is 0 Å². The first-order valence-corrected chi connectivity index (χ1v) is 6.78. The van der Waals surface area contributed by atoms with Crippen molar-refractivity contribution in [3.63, 3.8) is 0 Å². The minimum absolute atomic E-state index is 0.791. The summed E-state index contributed by atoms with van der Waals surface area (Å²) in [6, 6.07) is 6.76. The highest BCUT2D eigenvalue weighted by molar-refractivity contribution is 5.33. The first kappa shape index (κ1) is 13.5. The van der Waals surface area contributed by atoms with E-state index in [-0.39, 0.29) is 0 Å². The van der Waals surface area contributed by atoms with E-state index < -0.39 is 0 Å². The molecule has 0 saturated carbocycles. The van der Waals surface area contributed by atoms with Gasteiger partial charge in [0, 0.05) is 13.7 Å². The zero-order valence-corrected chi connectivity index (χ0v) is 11.2. The lowest BCUT2D eigenvalue weighted by Gasteiger charge is -2.05. The monoisotopic (exact) mass is 249 g/mol. The van der Waals surface area contributed by atoms with E-state index >= 15 is 0 Å². The molecule has 2 rings (SSSR count). The van der Waals surface area contributed by atoms with Gasteiger partial charge in [0.25, 0.3) is 0 Å². The summed E-state index contributed by atoms with van der Waals surface area (Å²) in [7, 11) is 1.74. The fraction of sp³-hybridized carbons (Fsp3) is 0.600. The van der Waals surface area contributed by atoms with Gasteiger partial charge in [0.2, 0.25) is 0 Å². The Kier molecular flexibility index (Phi) is 5.65. The van der Waals surface area contributed by atoms with Crippen molar-refractivity contribution in [3.8, 4) is 0 Å². The Morgan fingerprint density at radius 2 is 2.06 bits per heavy atom. The van der Waals surface area contributed by atoms with Crippen LogP contribution in [0.1, 0.15) is 29.5 Å². The van der Waals surface area contributed by atoms with Crippen LogP contribution in [0.15, 0.2) is 18.2 Å². The SMILES string of the molecule is COCCNCCCCc1ccc2c(c1)COC2. The number of rotatable bonds is 8. The zero-order valence-electron chi connectivity index (χ0n) is 11.2. The van der Waals surface area contributed by atoms with Crippen LogP contribution in [0, 0.1) is 0 Å². The van der Waals surface area contributed by atoms with Gasteiger partial charge in [-0.15, -0.1) is 0 Å². The van der Waals surface area contributed by atoms with Crippen LogP contribution in [-0.2, 0) is 29.1 Å². The van der Waals surface area contributed by atoms with Crippen LogP contribution in [0.3, 0.4) is 0 Å². The largest absolute Gasteiger partial charge is 0.383 e. The van der Waals surface area contributed by atoms with Crippen molar-refractivity contribution in [1.82, 2.24) is 5.32 Å². The smallest absolute Gasteiger partial charge is 0.0725 e. The van der Waals surface area contributed by atoms with E-state index in [2.05, 4.69) is 23.5 Å². The molecular weight excluding hydrogens is 226 g/mol. The molecule has 100 valence electrons. The van der Waals surface area contributed by atoms with Gasteiger partial charge in [0.15, 0.2) is 0 Å². The first-order valence-electron chi connectivity index (χ1n) is 6.78. The Morgan fingerprint density at radius 3 is 2.94 bits per heavy atom. The summed E-state index contributed by atoms with van der Waals surface area (Å²) in [4.78, 5) is 0. The molecule has 0 atom stereocenters. The summed E-state index contributed by atoms with van der Waals surface area (Å²) in [5.74, 6) is 0. The molecule has 0 saturated heterocycles. The van der Waals surface area contributed by atoms with Crippen molar-refractivity contribution in [2.75, 3.05) is 26.8 Å². The topological polar surface area (TPSA) is 30.5 Å². The van der Waals surface area contributed by atoms with Gasteiger partial charge < -0.3 is 14.8 Å². The minimum Gasteiger partial charge on any atom is -0.383 e. The summed E-state index contributed by atoms with van der Waals surface area (Å²) in [6.07, 6.45) is 3.62. The van der Waals surface area contributed by atoms with E-state index in [1.165, 1.54) is 36.0 Å². The van der Waals surface area contributed by atoms with Crippen LogP contribution in [0.5, 0.6) is 0 Å². The van der Waals surface area contributed by atoms with Crippen molar-refractivity contribution in [2.45, 2.75) is 32.5 Å². The molecule has 3 nitrogen and oxygen atoms in total. The molecule has 0 fully saturated rings. The van der Waals surface area contributed by atoms with Crippen LogP contribution in [0.4, 0.5) is 0 Å². The number of hydrogen-bond acceptors (Lipinski definition) is 3. The Bertz CT molecular complexity index is 366. The lowest BCUT2D eigenvalue weighted by atomic mass is 10.0. The van der Waals surface area contributed by atoms with Crippen LogP contribution >= 0.6 is 0 Å². The van der Waals surface area contributed by atoms with Crippen LogP contribution < -0.4 is 5.32 Å². The number of methoxy groups -OCH3 is 1. The van der Waals surface area contributed by atoms with Crippen molar-refractivity contribution >= 4 is 0 Å². The molecule has 0 bridgehead atoms. The average molecular weight is 249 g/mol. The second kappa shape index (κ2) is 7.52. The molecule has 18 heavy (non-hydrogen) atoms. The lowest BCUT2D eigenvalue weighted by molar-refractivity contribution is 0.134. The van der Waals surface area contributed by atoms with Crippen molar-refractivity contribution < 1.29 is 9.47 Å². The molecule has 1 heterocycles. The quantitative estimate of drug-likeness (QED) is 0.717. The average Bonchev–Trinajstić information content (AvgIpc) is 2.85.